The molecule has 1 aromatic carbocycles. The molecular formula is C11H13NO2. The maximum Gasteiger partial charge on any atom is 0.210 e. The predicted molar refractivity (Wildman–Crippen MR) is 54.8 cm³/mol. The Hall–Kier alpha value is -1.64. The van der Waals surface area contributed by atoms with Crippen LogP contribution in [-0.4, -0.2) is 16.7 Å². The van der Waals surface area contributed by atoms with Gasteiger partial charge in [-0.25, -0.2) is 0 Å². The van der Waals surface area contributed by atoms with E-state index in [4.69, 9.17) is 5.21 Å². The number of Topliss-reactive ketones (excluding diaryl/α,β-unsaturated/α-hetero) is 1. The van der Waals surface area contributed by atoms with Crippen molar-refractivity contribution >= 4 is 11.5 Å². The maximum atomic E-state index is 11.7. The Balaban J connectivity index is 2.96. The second kappa shape index (κ2) is 4.56. The Kier molecular flexibility index (Phi) is 3.40. The molecule has 0 aromatic heterocycles. The van der Waals surface area contributed by atoms with E-state index < -0.39 is 0 Å². The molecule has 0 atom stereocenters. The van der Waals surface area contributed by atoms with E-state index in [2.05, 4.69) is 5.16 Å². The van der Waals surface area contributed by atoms with E-state index in [1.807, 2.05) is 19.9 Å². The van der Waals surface area contributed by atoms with Crippen molar-refractivity contribution in [2.24, 2.45) is 11.1 Å². The van der Waals surface area contributed by atoms with E-state index in [1.54, 1.807) is 24.3 Å². The number of benzene rings is 1. The van der Waals surface area contributed by atoms with Gasteiger partial charge in [0, 0.05) is 11.5 Å². The van der Waals surface area contributed by atoms with Crippen molar-refractivity contribution in [3.05, 3.63) is 35.9 Å². The lowest BCUT2D eigenvalue weighted by Crippen LogP contribution is -2.20. The van der Waals surface area contributed by atoms with Gasteiger partial charge in [0.05, 0.1) is 0 Å². The van der Waals surface area contributed by atoms with Crippen LogP contribution in [0, 0.1) is 5.92 Å². The van der Waals surface area contributed by atoms with E-state index in [0.29, 0.717) is 5.56 Å². The molecular weight excluding hydrogens is 178 g/mol. The summed E-state index contributed by atoms with van der Waals surface area (Å²) in [5.41, 5.74) is 0.741. The van der Waals surface area contributed by atoms with Gasteiger partial charge in [0.15, 0.2) is 0 Å². The van der Waals surface area contributed by atoms with E-state index in [1.165, 1.54) is 0 Å². The van der Waals surface area contributed by atoms with Crippen molar-refractivity contribution in [3.8, 4) is 0 Å². The van der Waals surface area contributed by atoms with Gasteiger partial charge in [-0.2, -0.15) is 0 Å². The smallest absolute Gasteiger partial charge is 0.210 e. The molecule has 0 saturated carbocycles. The molecule has 1 aromatic rings. The lowest BCUT2D eigenvalue weighted by atomic mass is 9.99. The van der Waals surface area contributed by atoms with Crippen LogP contribution in [0.2, 0.25) is 0 Å². The number of nitrogens with zero attached hydrogens (tertiary/aromatic N) is 1. The van der Waals surface area contributed by atoms with Crippen molar-refractivity contribution in [1.29, 1.82) is 0 Å². The Bertz CT molecular complexity index is 342. The number of ketones is 1. The zero-order chi connectivity index (χ0) is 10.6. The van der Waals surface area contributed by atoms with E-state index in [9.17, 15) is 4.79 Å². The molecule has 0 amide bonds. The fourth-order valence-corrected chi connectivity index (χ4v) is 1.16. The SMILES string of the molecule is CC(C)/C(=N/O)C(=O)c1ccccc1. The monoisotopic (exact) mass is 191 g/mol. The summed E-state index contributed by atoms with van der Waals surface area (Å²) in [7, 11) is 0. The molecule has 14 heavy (non-hydrogen) atoms. The quantitative estimate of drug-likeness (QED) is 0.345. The van der Waals surface area contributed by atoms with Gasteiger partial charge >= 0.3 is 0 Å². The largest absolute Gasteiger partial charge is 0.411 e. The zero-order valence-electron chi connectivity index (χ0n) is 8.27. The molecule has 1 rings (SSSR count). The van der Waals surface area contributed by atoms with E-state index in [0.717, 1.165) is 0 Å². The van der Waals surface area contributed by atoms with Crippen LogP contribution >= 0.6 is 0 Å². The van der Waals surface area contributed by atoms with Crippen LogP contribution in [0.25, 0.3) is 0 Å². The van der Waals surface area contributed by atoms with Crippen LogP contribution in [0.3, 0.4) is 0 Å². The lowest BCUT2D eigenvalue weighted by Gasteiger charge is -2.05. The first-order valence-electron chi connectivity index (χ1n) is 4.48. The summed E-state index contributed by atoms with van der Waals surface area (Å²) in [5.74, 6) is -0.296. The van der Waals surface area contributed by atoms with Gasteiger partial charge in [-0.3, -0.25) is 4.79 Å². The molecule has 0 radical (unpaired) electrons. The van der Waals surface area contributed by atoms with E-state index in [-0.39, 0.29) is 17.4 Å². The van der Waals surface area contributed by atoms with E-state index >= 15 is 0 Å². The maximum absolute atomic E-state index is 11.7. The first-order chi connectivity index (χ1) is 6.66. The average molecular weight is 191 g/mol. The van der Waals surface area contributed by atoms with Crippen molar-refractivity contribution in [3.63, 3.8) is 0 Å². The van der Waals surface area contributed by atoms with Gasteiger partial charge < -0.3 is 5.21 Å². The molecule has 0 aliphatic heterocycles. The number of hydrogen-bond acceptors (Lipinski definition) is 3. The van der Waals surface area contributed by atoms with Crippen molar-refractivity contribution in [2.75, 3.05) is 0 Å². The molecule has 3 heteroatoms. The Morgan fingerprint density at radius 2 is 1.86 bits per heavy atom. The average Bonchev–Trinajstić information content (AvgIpc) is 2.19. The molecule has 0 saturated heterocycles. The summed E-state index contributed by atoms with van der Waals surface area (Å²) in [4.78, 5) is 11.7. The highest BCUT2D eigenvalue weighted by Crippen LogP contribution is 2.07. The van der Waals surface area contributed by atoms with Gasteiger partial charge in [0.2, 0.25) is 5.78 Å². The number of rotatable bonds is 3. The van der Waals surface area contributed by atoms with Crippen molar-refractivity contribution in [1.82, 2.24) is 0 Å². The number of hydrogen-bond donors (Lipinski definition) is 1. The summed E-state index contributed by atoms with van der Waals surface area (Å²) in [5, 5.41) is 11.7. The standard InChI is InChI=1S/C11H13NO2/c1-8(2)10(12-14)11(13)9-6-4-3-5-7-9/h3-8,14H,1-2H3/b12-10-. The lowest BCUT2D eigenvalue weighted by molar-refractivity contribution is 0.105. The number of oxime groups is 1. The van der Waals surface area contributed by atoms with Crippen molar-refractivity contribution < 1.29 is 10.0 Å². The van der Waals surface area contributed by atoms with Gasteiger partial charge in [-0.1, -0.05) is 49.3 Å². The van der Waals surface area contributed by atoms with Crippen LogP contribution < -0.4 is 0 Å². The Labute approximate surface area is 83.1 Å². The number of carbonyl (C=O) groups is 1. The van der Waals surface area contributed by atoms with Gasteiger partial charge in [0.25, 0.3) is 0 Å². The first kappa shape index (κ1) is 10.4. The van der Waals surface area contributed by atoms with Crippen molar-refractivity contribution in [2.45, 2.75) is 13.8 Å². The third-order valence-electron chi connectivity index (χ3n) is 1.92. The molecule has 0 bridgehead atoms. The second-order valence-electron chi connectivity index (χ2n) is 3.34. The van der Waals surface area contributed by atoms with Crippen LogP contribution in [0.15, 0.2) is 35.5 Å². The molecule has 0 aliphatic rings. The normalized spacial score (nSPS) is 11.8. The summed E-state index contributed by atoms with van der Waals surface area (Å²) in [6.07, 6.45) is 0. The van der Waals surface area contributed by atoms with Crippen LogP contribution in [0.5, 0.6) is 0 Å². The highest BCUT2D eigenvalue weighted by molar-refractivity contribution is 6.46. The van der Waals surface area contributed by atoms with Gasteiger partial charge in [-0.05, 0) is 0 Å². The minimum absolute atomic E-state index is 0.0762. The molecule has 74 valence electrons. The summed E-state index contributed by atoms with van der Waals surface area (Å²) < 4.78 is 0. The summed E-state index contributed by atoms with van der Waals surface area (Å²) in [6, 6.07) is 8.80. The molecule has 0 spiro atoms. The number of carbonyl (C=O) groups excluding carboxylic acids is 1. The highest BCUT2D eigenvalue weighted by atomic mass is 16.4. The first-order valence-corrected chi connectivity index (χ1v) is 4.48. The molecule has 0 heterocycles. The highest BCUT2D eigenvalue weighted by Gasteiger charge is 2.17. The van der Waals surface area contributed by atoms with Gasteiger partial charge in [0.1, 0.15) is 5.71 Å². The molecule has 1 N–H and O–H groups in total. The molecule has 0 fully saturated rings. The van der Waals surface area contributed by atoms with Crippen LogP contribution in [0.4, 0.5) is 0 Å². The summed E-state index contributed by atoms with van der Waals surface area (Å²) >= 11 is 0. The summed E-state index contributed by atoms with van der Waals surface area (Å²) in [6.45, 7) is 3.63. The minimum Gasteiger partial charge on any atom is -0.411 e. The molecule has 0 unspecified atom stereocenters. The fourth-order valence-electron chi connectivity index (χ4n) is 1.16. The fraction of sp³-hybridized carbons (Fsp3) is 0.273. The van der Waals surface area contributed by atoms with Crippen LogP contribution in [0.1, 0.15) is 24.2 Å². The van der Waals surface area contributed by atoms with Gasteiger partial charge in [-0.15, -0.1) is 0 Å². The van der Waals surface area contributed by atoms with Crippen LogP contribution in [-0.2, 0) is 0 Å². The third-order valence-corrected chi connectivity index (χ3v) is 1.92. The molecule has 3 nitrogen and oxygen atoms in total. The third kappa shape index (κ3) is 2.19. The second-order valence-corrected chi connectivity index (χ2v) is 3.34. The minimum atomic E-state index is -0.219. The Morgan fingerprint density at radius 1 is 1.29 bits per heavy atom. The zero-order valence-corrected chi connectivity index (χ0v) is 8.27. The molecule has 0 aliphatic carbocycles. The topological polar surface area (TPSA) is 49.7 Å². The Morgan fingerprint density at radius 3 is 2.29 bits per heavy atom. The predicted octanol–water partition coefficient (Wildman–Crippen LogP) is 2.36.